The zero-order valence-electron chi connectivity index (χ0n) is 6.60. The van der Waals surface area contributed by atoms with Crippen molar-refractivity contribution in [3.05, 3.63) is 12.5 Å². The third-order valence-corrected chi connectivity index (χ3v) is 1.52. The molecule has 0 fully saturated rings. The summed E-state index contributed by atoms with van der Waals surface area (Å²) in [4.78, 5) is 15.6. The number of anilines is 2. The van der Waals surface area contributed by atoms with Gasteiger partial charge in [-0.15, -0.1) is 0 Å². The minimum Gasteiger partial charge on any atom is -0.382 e. The zero-order valence-corrected chi connectivity index (χ0v) is 6.60. The van der Waals surface area contributed by atoms with Gasteiger partial charge >= 0.3 is 0 Å². The molecule has 0 atom stereocenters. The van der Waals surface area contributed by atoms with E-state index in [9.17, 15) is 0 Å². The van der Waals surface area contributed by atoms with Crippen LogP contribution in [-0.4, -0.2) is 19.9 Å². The number of nitrogen functional groups attached to an aromatic ring is 2. The summed E-state index contributed by atoms with van der Waals surface area (Å²) in [7, 11) is 0. The monoisotopic (exact) mass is 177 g/mol. The highest BCUT2D eigenvalue weighted by Crippen LogP contribution is 2.14. The van der Waals surface area contributed by atoms with E-state index in [1.807, 2.05) is 0 Å². The van der Waals surface area contributed by atoms with Crippen LogP contribution in [0.5, 0.6) is 0 Å². The Kier molecular flexibility index (Phi) is 1.64. The Labute approximate surface area is 73.2 Å². The first-order valence-corrected chi connectivity index (χ1v) is 3.51. The normalized spacial score (nSPS) is 10.2. The molecule has 7 heteroatoms. The number of nitrogens with zero attached hydrogens (tertiary/aromatic N) is 4. The number of hydrogen-bond acceptors (Lipinski definition) is 7. The van der Waals surface area contributed by atoms with Crippen LogP contribution in [0.15, 0.2) is 12.5 Å². The van der Waals surface area contributed by atoms with Crippen LogP contribution in [0.1, 0.15) is 0 Å². The molecule has 0 aliphatic carbocycles. The van der Waals surface area contributed by atoms with E-state index >= 15 is 0 Å². The molecule has 0 aromatic carbocycles. The average molecular weight is 177 g/mol. The summed E-state index contributed by atoms with van der Waals surface area (Å²) < 4.78 is 0. The summed E-state index contributed by atoms with van der Waals surface area (Å²) >= 11 is 0. The van der Waals surface area contributed by atoms with Crippen molar-refractivity contribution in [1.29, 1.82) is 0 Å². The molecule has 2 rings (SSSR count). The van der Waals surface area contributed by atoms with Crippen LogP contribution >= 0.6 is 0 Å². The van der Waals surface area contributed by atoms with Crippen LogP contribution < -0.4 is 17.0 Å². The summed E-state index contributed by atoms with van der Waals surface area (Å²) in [5.74, 6) is 5.67. The Morgan fingerprint density at radius 3 is 2.92 bits per heavy atom. The Morgan fingerprint density at radius 2 is 2.15 bits per heavy atom. The first-order valence-electron chi connectivity index (χ1n) is 3.51. The lowest BCUT2D eigenvalue weighted by Crippen LogP contribution is -2.12. The van der Waals surface area contributed by atoms with Crippen molar-refractivity contribution >= 4 is 22.8 Å². The number of aromatic nitrogens is 4. The van der Waals surface area contributed by atoms with E-state index in [4.69, 9.17) is 11.6 Å². The van der Waals surface area contributed by atoms with Gasteiger partial charge in [0.15, 0.2) is 5.82 Å². The maximum atomic E-state index is 5.60. The van der Waals surface area contributed by atoms with Gasteiger partial charge in [-0.3, -0.25) is 5.43 Å². The predicted molar refractivity (Wildman–Crippen MR) is 47.4 cm³/mol. The van der Waals surface area contributed by atoms with Gasteiger partial charge in [-0.1, -0.05) is 0 Å². The summed E-state index contributed by atoms with van der Waals surface area (Å²) in [6.07, 6.45) is 2.93. The van der Waals surface area contributed by atoms with Gasteiger partial charge in [-0.05, 0) is 0 Å². The van der Waals surface area contributed by atoms with Gasteiger partial charge in [0, 0.05) is 0 Å². The third kappa shape index (κ3) is 1.20. The molecule has 0 amide bonds. The van der Waals surface area contributed by atoms with E-state index < -0.39 is 0 Å². The molecule has 2 aromatic rings. The first-order chi connectivity index (χ1) is 6.31. The number of hydrogen-bond donors (Lipinski definition) is 3. The second-order valence-corrected chi connectivity index (χ2v) is 2.33. The van der Waals surface area contributed by atoms with Crippen molar-refractivity contribution in [2.45, 2.75) is 0 Å². The van der Waals surface area contributed by atoms with Crippen LogP contribution in [0.3, 0.4) is 0 Å². The van der Waals surface area contributed by atoms with E-state index in [0.29, 0.717) is 11.0 Å². The minimum atomic E-state index is 0.250. The summed E-state index contributed by atoms with van der Waals surface area (Å²) in [6, 6.07) is 0. The topological polar surface area (TPSA) is 116 Å². The zero-order chi connectivity index (χ0) is 9.26. The fraction of sp³-hybridized carbons (Fsp3) is 0. The molecule has 0 aliphatic heterocycles. The summed E-state index contributed by atoms with van der Waals surface area (Å²) in [6.45, 7) is 0. The SMILES string of the molecule is NNc1nc(N)c2ncncc2n1. The largest absolute Gasteiger partial charge is 0.382 e. The van der Waals surface area contributed by atoms with E-state index in [1.165, 1.54) is 6.33 Å². The smallest absolute Gasteiger partial charge is 0.239 e. The van der Waals surface area contributed by atoms with Crippen LogP contribution in [-0.2, 0) is 0 Å². The number of rotatable bonds is 1. The van der Waals surface area contributed by atoms with E-state index in [-0.39, 0.29) is 11.8 Å². The van der Waals surface area contributed by atoms with Crippen molar-refractivity contribution in [2.75, 3.05) is 11.2 Å². The number of hydrazine groups is 1. The fourth-order valence-corrected chi connectivity index (χ4v) is 0.972. The molecular formula is C6H7N7. The van der Waals surface area contributed by atoms with Crippen LogP contribution in [0.4, 0.5) is 11.8 Å². The molecular weight excluding hydrogens is 170 g/mol. The van der Waals surface area contributed by atoms with E-state index in [2.05, 4.69) is 25.4 Å². The number of fused-ring (bicyclic) bond motifs is 1. The van der Waals surface area contributed by atoms with Crippen molar-refractivity contribution in [3.63, 3.8) is 0 Å². The second kappa shape index (κ2) is 2.79. The molecule has 2 heterocycles. The Balaban J connectivity index is 2.77. The molecule has 0 unspecified atom stereocenters. The molecule has 66 valence electrons. The minimum absolute atomic E-state index is 0.250. The van der Waals surface area contributed by atoms with Crippen molar-refractivity contribution < 1.29 is 0 Å². The standard InChI is InChI=1S/C6H7N7/c7-5-4-3(1-9-2-10-4)11-6(12-5)13-8/h1-2H,8H2,(H3,7,11,12,13). The maximum Gasteiger partial charge on any atom is 0.239 e. The highest BCUT2D eigenvalue weighted by Gasteiger charge is 2.04. The highest BCUT2D eigenvalue weighted by molar-refractivity contribution is 5.83. The third-order valence-electron chi connectivity index (χ3n) is 1.52. The molecule has 0 spiro atoms. The van der Waals surface area contributed by atoms with Gasteiger partial charge < -0.3 is 5.73 Å². The molecule has 0 saturated heterocycles. The Morgan fingerprint density at radius 1 is 1.31 bits per heavy atom. The van der Waals surface area contributed by atoms with Gasteiger partial charge in [0.25, 0.3) is 0 Å². The van der Waals surface area contributed by atoms with Gasteiger partial charge in [0.1, 0.15) is 17.4 Å². The molecule has 7 nitrogen and oxygen atoms in total. The van der Waals surface area contributed by atoms with Crippen LogP contribution in [0.2, 0.25) is 0 Å². The van der Waals surface area contributed by atoms with Gasteiger partial charge in [0.05, 0.1) is 6.20 Å². The fourth-order valence-electron chi connectivity index (χ4n) is 0.972. The summed E-state index contributed by atoms with van der Waals surface area (Å²) in [5.41, 5.74) is 8.98. The maximum absolute atomic E-state index is 5.60. The summed E-state index contributed by atoms with van der Waals surface area (Å²) in [5, 5.41) is 0. The molecule has 13 heavy (non-hydrogen) atoms. The van der Waals surface area contributed by atoms with E-state index in [1.54, 1.807) is 6.20 Å². The quantitative estimate of drug-likeness (QED) is 0.389. The Bertz CT molecular complexity index is 440. The lowest BCUT2D eigenvalue weighted by Gasteiger charge is -2.01. The predicted octanol–water partition coefficient (Wildman–Crippen LogP) is -0.712. The lowest BCUT2D eigenvalue weighted by atomic mass is 10.4. The molecule has 0 saturated carbocycles. The molecule has 0 bridgehead atoms. The van der Waals surface area contributed by atoms with Crippen LogP contribution in [0.25, 0.3) is 11.0 Å². The molecule has 2 aromatic heterocycles. The molecule has 0 radical (unpaired) electrons. The van der Waals surface area contributed by atoms with Crippen LogP contribution in [0, 0.1) is 0 Å². The second-order valence-electron chi connectivity index (χ2n) is 2.33. The van der Waals surface area contributed by atoms with Crippen molar-refractivity contribution in [1.82, 2.24) is 19.9 Å². The van der Waals surface area contributed by atoms with Gasteiger partial charge in [0.2, 0.25) is 5.95 Å². The Hall–Kier alpha value is -2.02. The van der Waals surface area contributed by atoms with Gasteiger partial charge in [-0.2, -0.15) is 4.98 Å². The van der Waals surface area contributed by atoms with E-state index in [0.717, 1.165) is 0 Å². The number of nitrogens with two attached hydrogens (primary N) is 2. The van der Waals surface area contributed by atoms with Crippen molar-refractivity contribution in [2.24, 2.45) is 5.84 Å². The molecule has 5 N–H and O–H groups in total. The van der Waals surface area contributed by atoms with Gasteiger partial charge in [-0.25, -0.2) is 20.8 Å². The number of nitrogens with one attached hydrogen (secondary N) is 1. The first kappa shape index (κ1) is 7.62. The highest BCUT2D eigenvalue weighted by atomic mass is 15.3. The lowest BCUT2D eigenvalue weighted by molar-refractivity contribution is 1.12. The van der Waals surface area contributed by atoms with Crippen molar-refractivity contribution in [3.8, 4) is 0 Å². The average Bonchev–Trinajstić information content (AvgIpc) is 2.18. The molecule has 0 aliphatic rings.